The van der Waals surface area contributed by atoms with E-state index in [9.17, 15) is 4.79 Å². The number of amides is 2. The predicted octanol–water partition coefficient (Wildman–Crippen LogP) is 1.50. The summed E-state index contributed by atoms with van der Waals surface area (Å²) in [5.41, 5.74) is 2.37. The third-order valence-corrected chi connectivity index (χ3v) is 3.22. The topological polar surface area (TPSA) is 44.4 Å². The molecule has 0 saturated carbocycles. The smallest absolute Gasteiger partial charge is 0.317 e. The first-order valence-electron chi connectivity index (χ1n) is 6.47. The van der Waals surface area contributed by atoms with Gasteiger partial charge in [0.25, 0.3) is 0 Å². The van der Waals surface area contributed by atoms with Gasteiger partial charge in [-0.3, -0.25) is 0 Å². The summed E-state index contributed by atoms with van der Waals surface area (Å²) in [5.74, 6) is 0. The molecule has 98 valence electrons. The Labute approximate surface area is 108 Å². The molecule has 4 heteroatoms. The fraction of sp³-hybridized carbons (Fsp3) is 0.500. The van der Waals surface area contributed by atoms with E-state index >= 15 is 0 Å². The molecule has 1 aromatic carbocycles. The van der Waals surface area contributed by atoms with Gasteiger partial charge in [0, 0.05) is 32.2 Å². The molecule has 1 aliphatic rings. The van der Waals surface area contributed by atoms with Gasteiger partial charge >= 0.3 is 6.03 Å². The predicted molar refractivity (Wildman–Crippen MR) is 72.5 cm³/mol. The Bertz CT molecular complexity index is 402. The quantitative estimate of drug-likeness (QED) is 0.832. The van der Waals surface area contributed by atoms with Gasteiger partial charge in [0.2, 0.25) is 0 Å². The maximum absolute atomic E-state index is 12.0. The lowest BCUT2D eigenvalue weighted by Gasteiger charge is -2.31. The van der Waals surface area contributed by atoms with Crippen LogP contribution in [0.15, 0.2) is 24.3 Å². The summed E-state index contributed by atoms with van der Waals surface area (Å²) < 4.78 is 0. The molecule has 1 aliphatic heterocycles. The van der Waals surface area contributed by atoms with Crippen LogP contribution in [-0.2, 0) is 6.54 Å². The summed E-state index contributed by atoms with van der Waals surface area (Å²) in [7, 11) is 0. The minimum Gasteiger partial charge on any atom is -0.334 e. The number of carbonyl (C=O) groups excluding carboxylic acids is 1. The molecule has 0 bridgehead atoms. The molecule has 1 unspecified atom stereocenters. The van der Waals surface area contributed by atoms with Crippen LogP contribution in [-0.4, -0.2) is 36.6 Å². The number of nitrogens with one attached hydrogen (secondary N) is 2. The van der Waals surface area contributed by atoms with Crippen LogP contribution in [0.1, 0.15) is 18.1 Å². The van der Waals surface area contributed by atoms with E-state index in [0.29, 0.717) is 12.6 Å². The summed E-state index contributed by atoms with van der Waals surface area (Å²) in [5, 5.41) is 6.29. The van der Waals surface area contributed by atoms with Crippen molar-refractivity contribution in [1.82, 2.24) is 15.5 Å². The van der Waals surface area contributed by atoms with Crippen molar-refractivity contribution in [2.75, 3.05) is 19.6 Å². The summed E-state index contributed by atoms with van der Waals surface area (Å²) >= 11 is 0. The molecule has 2 amide bonds. The fourth-order valence-electron chi connectivity index (χ4n) is 2.11. The lowest BCUT2D eigenvalue weighted by molar-refractivity contribution is 0.179. The van der Waals surface area contributed by atoms with Crippen LogP contribution < -0.4 is 10.6 Å². The Hall–Kier alpha value is -1.55. The van der Waals surface area contributed by atoms with E-state index in [0.717, 1.165) is 25.2 Å². The Morgan fingerprint density at radius 3 is 2.83 bits per heavy atom. The summed E-state index contributed by atoms with van der Waals surface area (Å²) in [6.45, 7) is 7.18. The first kappa shape index (κ1) is 12.9. The highest BCUT2D eigenvalue weighted by atomic mass is 16.2. The molecule has 0 spiro atoms. The average molecular weight is 247 g/mol. The molecule has 1 fully saturated rings. The van der Waals surface area contributed by atoms with Crippen LogP contribution in [0.2, 0.25) is 0 Å². The van der Waals surface area contributed by atoms with Crippen molar-refractivity contribution in [2.24, 2.45) is 0 Å². The lowest BCUT2D eigenvalue weighted by Crippen LogP contribution is -2.53. The van der Waals surface area contributed by atoms with Gasteiger partial charge < -0.3 is 15.5 Å². The van der Waals surface area contributed by atoms with Gasteiger partial charge in [0.15, 0.2) is 0 Å². The van der Waals surface area contributed by atoms with E-state index in [1.807, 2.05) is 4.90 Å². The van der Waals surface area contributed by atoms with Gasteiger partial charge in [0.1, 0.15) is 0 Å². The van der Waals surface area contributed by atoms with Crippen molar-refractivity contribution in [2.45, 2.75) is 26.4 Å². The SMILES string of the molecule is Cc1ccc(CNC(=O)N2CCNC(C)C2)cc1. The molecule has 0 radical (unpaired) electrons. The zero-order valence-corrected chi connectivity index (χ0v) is 11.1. The van der Waals surface area contributed by atoms with Crippen LogP contribution >= 0.6 is 0 Å². The Morgan fingerprint density at radius 1 is 1.44 bits per heavy atom. The molecule has 2 N–H and O–H groups in total. The Morgan fingerprint density at radius 2 is 2.17 bits per heavy atom. The second kappa shape index (κ2) is 5.87. The standard InChI is InChI=1S/C14H21N3O/c1-11-3-5-13(6-4-11)9-16-14(18)17-8-7-15-12(2)10-17/h3-6,12,15H,7-10H2,1-2H3,(H,16,18). The van der Waals surface area contributed by atoms with Gasteiger partial charge in [-0.05, 0) is 19.4 Å². The van der Waals surface area contributed by atoms with Crippen molar-refractivity contribution < 1.29 is 4.79 Å². The van der Waals surface area contributed by atoms with Crippen LogP contribution in [0.25, 0.3) is 0 Å². The minimum atomic E-state index is 0.0314. The zero-order valence-electron chi connectivity index (χ0n) is 11.1. The van der Waals surface area contributed by atoms with Crippen molar-refractivity contribution in [3.63, 3.8) is 0 Å². The van der Waals surface area contributed by atoms with Gasteiger partial charge in [-0.15, -0.1) is 0 Å². The number of urea groups is 1. The highest BCUT2D eigenvalue weighted by Crippen LogP contribution is 2.04. The van der Waals surface area contributed by atoms with Gasteiger partial charge in [-0.25, -0.2) is 4.79 Å². The number of hydrogen-bond donors (Lipinski definition) is 2. The zero-order chi connectivity index (χ0) is 13.0. The van der Waals surface area contributed by atoms with E-state index in [-0.39, 0.29) is 6.03 Å². The third-order valence-electron chi connectivity index (χ3n) is 3.22. The maximum atomic E-state index is 12.0. The van der Waals surface area contributed by atoms with Crippen molar-refractivity contribution in [1.29, 1.82) is 0 Å². The molecule has 2 rings (SSSR count). The normalized spacial score (nSPS) is 19.7. The number of rotatable bonds is 2. The first-order valence-corrected chi connectivity index (χ1v) is 6.47. The highest BCUT2D eigenvalue weighted by molar-refractivity contribution is 5.74. The van der Waals surface area contributed by atoms with E-state index in [2.05, 4.69) is 48.7 Å². The molecular formula is C14H21N3O. The fourth-order valence-corrected chi connectivity index (χ4v) is 2.11. The van der Waals surface area contributed by atoms with E-state index in [4.69, 9.17) is 0 Å². The monoisotopic (exact) mass is 247 g/mol. The van der Waals surface area contributed by atoms with Crippen molar-refractivity contribution >= 4 is 6.03 Å². The van der Waals surface area contributed by atoms with Gasteiger partial charge in [-0.2, -0.15) is 0 Å². The Balaban J connectivity index is 1.82. The number of piperazine rings is 1. The molecule has 1 atom stereocenters. The van der Waals surface area contributed by atoms with E-state index in [1.54, 1.807) is 0 Å². The molecule has 18 heavy (non-hydrogen) atoms. The maximum Gasteiger partial charge on any atom is 0.317 e. The number of hydrogen-bond acceptors (Lipinski definition) is 2. The van der Waals surface area contributed by atoms with E-state index < -0.39 is 0 Å². The molecule has 4 nitrogen and oxygen atoms in total. The number of nitrogens with zero attached hydrogens (tertiary/aromatic N) is 1. The number of aryl methyl sites for hydroxylation is 1. The highest BCUT2D eigenvalue weighted by Gasteiger charge is 2.19. The molecule has 1 aromatic rings. The molecule has 0 aliphatic carbocycles. The second-order valence-corrected chi connectivity index (χ2v) is 4.95. The average Bonchev–Trinajstić information content (AvgIpc) is 2.38. The first-order chi connectivity index (χ1) is 8.65. The molecule has 1 heterocycles. The molecular weight excluding hydrogens is 226 g/mol. The minimum absolute atomic E-state index is 0.0314. The van der Waals surface area contributed by atoms with Gasteiger partial charge in [-0.1, -0.05) is 29.8 Å². The molecule has 1 saturated heterocycles. The summed E-state index contributed by atoms with van der Waals surface area (Å²) in [6.07, 6.45) is 0. The van der Waals surface area contributed by atoms with Crippen LogP contribution in [0.5, 0.6) is 0 Å². The van der Waals surface area contributed by atoms with Crippen LogP contribution in [0, 0.1) is 6.92 Å². The third kappa shape index (κ3) is 3.47. The van der Waals surface area contributed by atoms with Crippen LogP contribution in [0.4, 0.5) is 4.79 Å². The largest absolute Gasteiger partial charge is 0.334 e. The Kier molecular flexibility index (Phi) is 4.20. The van der Waals surface area contributed by atoms with Crippen LogP contribution in [0.3, 0.4) is 0 Å². The lowest BCUT2D eigenvalue weighted by atomic mass is 10.1. The number of carbonyl (C=O) groups is 1. The molecule has 0 aromatic heterocycles. The summed E-state index contributed by atoms with van der Waals surface area (Å²) in [4.78, 5) is 13.8. The van der Waals surface area contributed by atoms with Crippen molar-refractivity contribution in [3.8, 4) is 0 Å². The van der Waals surface area contributed by atoms with Gasteiger partial charge in [0.05, 0.1) is 0 Å². The summed E-state index contributed by atoms with van der Waals surface area (Å²) in [6, 6.07) is 8.64. The second-order valence-electron chi connectivity index (χ2n) is 4.95. The number of benzene rings is 1. The van der Waals surface area contributed by atoms with Crippen molar-refractivity contribution in [3.05, 3.63) is 35.4 Å². The van der Waals surface area contributed by atoms with E-state index in [1.165, 1.54) is 5.56 Å².